The highest BCUT2D eigenvalue weighted by Crippen LogP contribution is 2.25. The Labute approximate surface area is 135 Å². The maximum Gasteiger partial charge on any atom is 0.226 e. The van der Waals surface area contributed by atoms with Gasteiger partial charge in [-0.2, -0.15) is 0 Å². The van der Waals surface area contributed by atoms with Gasteiger partial charge in [-0.25, -0.2) is 4.98 Å². The van der Waals surface area contributed by atoms with Crippen LogP contribution in [0.4, 0.5) is 0 Å². The number of furan rings is 1. The second-order valence-electron chi connectivity index (χ2n) is 6.01. The van der Waals surface area contributed by atoms with E-state index < -0.39 is 0 Å². The van der Waals surface area contributed by atoms with E-state index in [0.29, 0.717) is 13.0 Å². The Morgan fingerprint density at radius 1 is 1.30 bits per heavy atom. The van der Waals surface area contributed by atoms with Crippen LogP contribution in [-0.2, 0) is 17.6 Å². The molecule has 1 amide bonds. The first-order chi connectivity index (χ1) is 11.0. The molecule has 120 valence electrons. The van der Waals surface area contributed by atoms with Crippen LogP contribution in [0.2, 0.25) is 0 Å². The zero-order valence-electron chi connectivity index (χ0n) is 13.7. The maximum absolute atomic E-state index is 12.4. The van der Waals surface area contributed by atoms with E-state index in [-0.39, 0.29) is 5.91 Å². The molecule has 23 heavy (non-hydrogen) atoms. The standard InChI is InChI=1S/C18H21N3O2/c1-12-6-16-14(10-23-17(16)7-13(12)2)8-18(22)21(3)5-4-15-9-19-11-20-15/h6-7,9-11H,4-5,8H2,1-3H3,(H,19,20). The highest BCUT2D eigenvalue weighted by atomic mass is 16.3. The summed E-state index contributed by atoms with van der Waals surface area (Å²) in [5, 5.41) is 1.03. The van der Waals surface area contributed by atoms with Gasteiger partial charge in [-0.05, 0) is 37.1 Å². The predicted octanol–water partition coefficient (Wildman–Crippen LogP) is 3.02. The van der Waals surface area contributed by atoms with Crippen LogP contribution in [0.5, 0.6) is 0 Å². The molecule has 5 heteroatoms. The van der Waals surface area contributed by atoms with Crippen LogP contribution in [0, 0.1) is 13.8 Å². The van der Waals surface area contributed by atoms with Gasteiger partial charge in [-0.1, -0.05) is 0 Å². The summed E-state index contributed by atoms with van der Waals surface area (Å²) in [5.41, 5.74) is 5.23. The summed E-state index contributed by atoms with van der Waals surface area (Å²) in [5.74, 6) is 0.0884. The fraction of sp³-hybridized carbons (Fsp3) is 0.333. The number of aromatic nitrogens is 2. The highest BCUT2D eigenvalue weighted by molar-refractivity contribution is 5.88. The molecule has 0 aliphatic rings. The van der Waals surface area contributed by atoms with Crippen molar-refractivity contribution >= 4 is 16.9 Å². The van der Waals surface area contributed by atoms with Crippen LogP contribution in [0.1, 0.15) is 22.4 Å². The first-order valence-corrected chi connectivity index (χ1v) is 7.73. The van der Waals surface area contributed by atoms with Gasteiger partial charge in [0.25, 0.3) is 0 Å². The van der Waals surface area contributed by atoms with E-state index in [1.807, 2.05) is 13.1 Å². The number of aromatic amines is 1. The first-order valence-electron chi connectivity index (χ1n) is 7.73. The Hall–Kier alpha value is -2.56. The molecule has 5 nitrogen and oxygen atoms in total. The van der Waals surface area contributed by atoms with E-state index in [2.05, 4.69) is 29.9 Å². The molecule has 0 unspecified atom stereocenters. The molecule has 0 aliphatic carbocycles. The van der Waals surface area contributed by atoms with Gasteiger partial charge in [-0.15, -0.1) is 0 Å². The number of nitrogens with zero attached hydrogens (tertiary/aromatic N) is 2. The lowest BCUT2D eigenvalue weighted by Crippen LogP contribution is -2.30. The van der Waals surface area contributed by atoms with E-state index >= 15 is 0 Å². The number of hydrogen-bond acceptors (Lipinski definition) is 3. The van der Waals surface area contributed by atoms with Crippen LogP contribution >= 0.6 is 0 Å². The van der Waals surface area contributed by atoms with Gasteiger partial charge in [0.05, 0.1) is 19.0 Å². The summed E-state index contributed by atoms with van der Waals surface area (Å²) in [6.45, 7) is 4.80. The lowest BCUT2D eigenvalue weighted by molar-refractivity contribution is -0.129. The second-order valence-corrected chi connectivity index (χ2v) is 6.01. The number of imidazole rings is 1. The van der Waals surface area contributed by atoms with Crippen molar-refractivity contribution in [2.45, 2.75) is 26.7 Å². The van der Waals surface area contributed by atoms with Gasteiger partial charge in [0.2, 0.25) is 5.91 Å². The van der Waals surface area contributed by atoms with Gasteiger partial charge < -0.3 is 14.3 Å². The molecular formula is C18H21N3O2. The third kappa shape index (κ3) is 3.28. The van der Waals surface area contributed by atoms with E-state index in [4.69, 9.17) is 4.42 Å². The number of rotatable bonds is 5. The Morgan fingerprint density at radius 2 is 2.09 bits per heavy atom. The molecule has 0 saturated heterocycles. The topological polar surface area (TPSA) is 62.1 Å². The quantitative estimate of drug-likeness (QED) is 0.788. The highest BCUT2D eigenvalue weighted by Gasteiger charge is 2.15. The number of likely N-dealkylation sites (N-methyl/N-ethyl adjacent to an activating group) is 1. The lowest BCUT2D eigenvalue weighted by atomic mass is 10.0. The molecule has 3 aromatic rings. The molecule has 0 bridgehead atoms. The van der Waals surface area contributed by atoms with E-state index in [0.717, 1.165) is 28.6 Å². The van der Waals surface area contributed by atoms with Gasteiger partial charge in [-0.3, -0.25) is 4.79 Å². The molecule has 1 aromatic carbocycles. The molecule has 3 rings (SSSR count). The third-order valence-electron chi connectivity index (χ3n) is 4.31. The summed E-state index contributed by atoms with van der Waals surface area (Å²) in [6, 6.07) is 4.13. The minimum Gasteiger partial charge on any atom is -0.464 e. The minimum atomic E-state index is 0.0884. The van der Waals surface area contributed by atoms with Crippen LogP contribution in [0.25, 0.3) is 11.0 Å². The number of amides is 1. The molecule has 2 aromatic heterocycles. The van der Waals surface area contributed by atoms with Crippen LogP contribution in [-0.4, -0.2) is 34.4 Å². The van der Waals surface area contributed by atoms with Crippen molar-refractivity contribution in [2.24, 2.45) is 0 Å². The fourth-order valence-corrected chi connectivity index (χ4v) is 2.61. The molecule has 2 heterocycles. The summed E-state index contributed by atoms with van der Waals surface area (Å²) in [7, 11) is 1.83. The Balaban J connectivity index is 1.68. The number of carbonyl (C=O) groups excluding carboxylic acids is 1. The number of carbonyl (C=O) groups is 1. The zero-order valence-corrected chi connectivity index (χ0v) is 13.7. The summed E-state index contributed by atoms with van der Waals surface area (Å²) in [4.78, 5) is 21.2. The van der Waals surface area contributed by atoms with Crippen molar-refractivity contribution in [3.8, 4) is 0 Å². The Bertz CT molecular complexity index is 818. The van der Waals surface area contributed by atoms with E-state index in [9.17, 15) is 4.79 Å². The Kier molecular flexibility index (Phi) is 4.19. The van der Waals surface area contributed by atoms with Gasteiger partial charge in [0, 0.05) is 42.9 Å². The van der Waals surface area contributed by atoms with Gasteiger partial charge >= 0.3 is 0 Å². The molecular weight excluding hydrogens is 290 g/mol. The number of aryl methyl sites for hydroxylation is 2. The summed E-state index contributed by atoms with van der Waals surface area (Å²) in [6.07, 6.45) is 6.26. The van der Waals surface area contributed by atoms with Crippen LogP contribution < -0.4 is 0 Å². The zero-order chi connectivity index (χ0) is 16.4. The fourth-order valence-electron chi connectivity index (χ4n) is 2.61. The SMILES string of the molecule is Cc1cc2occ(CC(=O)N(C)CCc3cnc[nH]3)c2cc1C. The average Bonchev–Trinajstić information content (AvgIpc) is 3.16. The average molecular weight is 311 g/mol. The number of fused-ring (bicyclic) bond motifs is 1. The Morgan fingerprint density at radius 3 is 2.83 bits per heavy atom. The lowest BCUT2D eigenvalue weighted by Gasteiger charge is -2.16. The maximum atomic E-state index is 12.4. The van der Waals surface area contributed by atoms with Crippen molar-refractivity contribution in [1.82, 2.24) is 14.9 Å². The van der Waals surface area contributed by atoms with Crippen molar-refractivity contribution in [2.75, 3.05) is 13.6 Å². The second kappa shape index (κ2) is 6.28. The normalized spacial score (nSPS) is 11.1. The summed E-state index contributed by atoms with van der Waals surface area (Å²) >= 11 is 0. The molecule has 0 fully saturated rings. The van der Waals surface area contributed by atoms with Crippen molar-refractivity contribution in [3.05, 3.63) is 53.3 Å². The van der Waals surface area contributed by atoms with E-state index in [1.165, 1.54) is 11.1 Å². The summed E-state index contributed by atoms with van der Waals surface area (Å²) < 4.78 is 5.60. The number of benzene rings is 1. The number of nitrogens with one attached hydrogen (secondary N) is 1. The van der Waals surface area contributed by atoms with Crippen molar-refractivity contribution in [3.63, 3.8) is 0 Å². The molecule has 0 spiro atoms. The molecule has 1 N–H and O–H groups in total. The molecule has 0 atom stereocenters. The molecule has 0 saturated carbocycles. The monoisotopic (exact) mass is 311 g/mol. The minimum absolute atomic E-state index is 0.0884. The third-order valence-corrected chi connectivity index (χ3v) is 4.31. The van der Waals surface area contributed by atoms with Crippen molar-refractivity contribution in [1.29, 1.82) is 0 Å². The van der Waals surface area contributed by atoms with Gasteiger partial charge in [0.15, 0.2) is 0 Å². The van der Waals surface area contributed by atoms with Crippen LogP contribution in [0.15, 0.2) is 35.3 Å². The molecule has 0 radical (unpaired) electrons. The largest absolute Gasteiger partial charge is 0.464 e. The molecule has 0 aliphatic heterocycles. The predicted molar refractivity (Wildman–Crippen MR) is 89.3 cm³/mol. The number of H-pyrrole nitrogens is 1. The van der Waals surface area contributed by atoms with Crippen molar-refractivity contribution < 1.29 is 9.21 Å². The smallest absolute Gasteiger partial charge is 0.226 e. The van der Waals surface area contributed by atoms with Gasteiger partial charge in [0.1, 0.15) is 5.58 Å². The van der Waals surface area contributed by atoms with Crippen LogP contribution in [0.3, 0.4) is 0 Å². The number of hydrogen-bond donors (Lipinski definition) is 1. The first kappa shape index (κ1) is 15.3. The van der Waals surface area contributed by atoms with E-state index in [1.54, 1.807) is 23.7 Å².